The molecule has 3 rings (SSSR count). The van der Waals surface area contributed by atoms with E-state index >= 15 is 0 Å². The lowest BCUT2D eigenvalue weighted by molar-refractivity contribution is -0.140. The molecule has 0 unspecified atom stereocenters. The van der Waals surface area contributed by atoms with Crippen molar-refractivity contribution in [3.8, 4) is 17.0 Å². The predicted octanol–water partition coefficient (Wildman–Crippen LogP) is 3.60. The normalized spacial score (nSPS) is 10.8. The van der Waals surface area contributed by atoms with Gasteiger partial charge in [0.25, 0.3) is 0 Å². The average Bonchev–Trinajstić information content (AvgIpc) is 2.98. The Bertz CT molecular complexity index is 947. The third-order valence-corrected chi connectivity index (χ3v) is 4.12. The fourth-order valence-electron chi connectivity index (χ4n) is 3.09. The number of carbonyl (C=O) groups is 1. The number of imidazole rings is 1. The van der Waals surface area contributed by atoms with Gasteiger partial charge in [-0.2, -0.15) is 0 Å². The smallest absolute Gasteiger partial charge is 0.325 e. The number of ether oxygens (including phenoxy) is 2. The van der Waals surface area contributed by atoms with E-state index < -0.39 is 0 Å². The first kappa shape index (κ1) is 17.8. The molecule has 0 spiro atoms. The lowest BCUT2D eigenvalue weighted by atomic mass is 10.1. The minimum atomic E-state index is -0.307. The number of esters is 1. The molecular formula is C20H23N3O3. The molecule has 26 heavy (non-hydrogen) atoms. The molecule has 6 heteroatoms. The number of nitrogens with one attached hydrogen (secondary N) is 1. The van der Waals surface area contributed by atoms with Crippen molar-refractivity contribution in [2.24, 2.45) is 0 Å². The van der Waals surface area contributed by atoms with E-state index in [1.165, 1.54) is 0 Å². The van der Waals surface area contributed by atoms with Crippen molar-refractivity contribution in [1.82, 2.24) is 9.38 Å². The van der Waals surface area contributed by atoms with Gasteiger partial charge in [-0.25, -0.2) is 4.98 Å². The first-order chi connectivity index (χ1) is 12.5. The molecule has 136 valence electrons. The maximum absolute atomic E-state index is 11.8. The summed E-state index contributed by atoms with van der Waals surface area (Å²) in [4.78, 5) is 16.7. The molecule has 3 aromatic rings. The summed E-state index contributed by atoms with van der Waals surface area (Å²) in [7, 11) is 1.63. The Hall–Kier alpha value is -3.02. The lowest BCUT2D eigenvalue weighted by Crippen LogP contribution is -2.18. The Morgan fingerprint density at radius 1 is 1.23 bits per heavy atom. The van der Waals surface area contributed by atoms with Gasteiger partial charge in [0.2, 0.25) is 0 Å². The van der Waals surface area contributed by atoms with Gasteiger partial charge in [0, 0.05) is 11.3 Å². The van der Waals surface area contributed by atoms with E-state index in [4.69, 9.17) is 14.5 Å². The summed E-state index contributed by atoms with van der Waals surface area (Å²) >= 11 is 0. The second kappa shape index (κ2) is 7.47. The van der Waals surface area contributed by atoms with Crippen LogP contribution in [-0.2, 0) is 9.53 Å². The summed E-state index contributed by atoms with van der Waals surface area (Å²) in [5.74, 6) is 1.16. The van der Waals surface area contributed by atoms with Gasteiger partial charge in [-0.3, -0.25) is 9.20 Å². The van der Waals surface area contributed by atoms with E-state index in [0.29, 0.717) is 6.61 Å². The standard InChI is InChI=1S/C20H23N3O3/c1-5-26-18(24)12-21-20-19(15-8-6-7-9-16(15)25-4)22-17-11-13(2)10-14(3)23(17)20/h6-11,21H,5,12H2,1-4H3. The first-order valence-corrected chi connectivity index (χ1v) is 8.57. The lowest BCUT2D eigenvalue weighted by Gasteiger charge is -2.12. The number of pyridine rings is 1. The number of anilines is 1. The molecule has 0 radical (unpaired) electrons. The summed E-state index contributed by atoms with van der Waals surface area (Å²) in [5, 5.41) is 3.20. The molecule has 0 aliphatic rings. The zero-order valence-corrected chi connectivity index (χ0v) is 15.5. The van der Waals surface area contributed by atoms with Crippen LogP contribution in [0.2, 0.25) is 0 Å². The highest BCUT2D eigenvalue weighted by molar-refractivity contribution is 5.83. The van der Waals surface area contributed by atoms with Crippen LogP contribution in [0.4, 0.5) is 5.82 Å². The van der Waals surface area contributed by atoms with Crippen molar-refractivity contribution in [1.29, 1.82) is 0 Å². The molecule has 0 saturated heterocycles. The van der Waals surface area contributed by atoms with Gasteiger partial charge < -0.3 is 14.8 Å². The van der Waals surface area contributed by atoms with Gasteiger partial charge in [-0.05, 0) is 50.6 Å². The van der Waals surface area contributed by atoms with E-state index in [-0.39, 0.29) is 12.5 Å². The van der Waals surface area contributed by atoms with Gasteiger partial charge in [0.15, 0.2) is 0 Å². The third kappa shape index (κ3) is 3.35. The quantitative estimate of drug-likeness (QED) is 0.686. The van der Waals surface area contributed by atoms with E-state index in [2.05, 4.69) is 11.4 Å². The molecule has 1 N–H and O–H groups in total. The predicted molar refractivity (Wildman–Crippen MR) is 102 cm³/mol. The Kier molecular flexibility index (Phi) is 5.11. The summed E-state index contributed by atoms with van der Waals surface area (Å²) in [6.45, 7) is 6.26. The molecule has 0 saturated carbocycles. The zero-order valence-electron chi connectivity index (χ0n) is 15.5. The number of benzene rings is 1. The summed E-state index contributed by atoms with van der Waals surface area (Å²) in [5.41, 5.74) is 4.57. The Morgan fingerprint density at radius 3 is 2.73 bits per heavy atom. The zero-order chi connectivity index (χ0) is 18.7. The highest BCUT2D eigenvalue weighted by Gasteiger charge is 2.19. The number of methoxy groups -OCH3 is 1. The Balaban J connectivity index is 2.16. The minimum Gasteiger partial charge on any atom is -0.496 e. The maximum Gasteiger partial charge on any atom is 0.325 e. The topological polar surface area (TPSA) is 64.9 Å². The number of para-hydroxylation sites is 1. The van der Waals surface area contributed by atoms with Crippen LogP contribution in [0.1, 0.15) is 18.2 Å². The maximum atomic E-state index is 11.8. The highest BCUT2D eigenvalue weighted by atomic mass is 16.5. The number of nitrogens with zero attached hydrogens (tertiary/aromatic N) is 2. The summed E-state index contributed by atoms with van der Waals surface area (Å²) < 4.78 is 12.5. The van der Waals surface area contributed by atoms with Crippen LogP contribution in [0, 0.1) is 13.8 Å². The van der Waals surface area contributed by atoms with Crippen molar-refractivity contribution in [3.05, 3.63) is 47.7 Å². The monoisotopic (exact) mass is 353 g/mol. The van der Waals surface area contributed by atoms with Crippen LogP contribution in [-0.4, -0.2) is 35.6 Å². The molecule has 0 fully saturated rings. The van der Waals surface area contributed by atoms with Crippen molar-refractivity contribution in [3.63, 3.8) is 0 Å². The van der Waals surface area contributed by atoms with Crippen molar-refractivity contribution < 1.29 is 14.3 Å². The molecule has 0 aliphatic carbocycles. The van der Waals surface area contributed by atoms with Gasteiger partial charge in [-0.15, -0.1) is 0 Å². The van der Waals surface area contributed by atoms with Crippen molar-refractivity contribution >= 4 is 17.4 Å². The second-order valence-corrected chi connectivity index (χ2v) is 6.04. The highest BCUT2D eigenvalue weighted by Crippen LogP contribution is 2.35. The van der Waals surface area contributed by atoms with Gasteiger partial charge in [0.1, 0.15) is 29.5 Å². The number of hydrogen-bond acceptors (Lipinski definition) is 5. The van der Waals surface area contributed by atoms with E-state index in [1.54, 1.807) is 14.0 Å². The molecule has 0 atom stereocenters. The molecule has 1 aromatic carbocycles. The number of hydrogen-bond donors (Lipinski definition) is 1. The average molecular weight is 353 g/mol. The van der Waals surface area contributed by atoms with Crippen LogP contribution < -0.4 is 10.1 Å². The molecular weight excluding hydrogens is 330 g/mol. The fraction of sp³-hybridized carbons (Fsp3) is 0.300. The number of rotatable bonds is 6. The van der Waals surface area contributed by atoms with Crippen LogP contribution in [0.25, 0.3) is 16.9 Å². The van der Waals surface area contributed by atoms with Gasteiger partial charge in [0.05, 0.1) is 13.7 Å². The van der Waals surface area contributed by atoms with Crippen LogP contribution in [0.3, 0.4) is 0 Å². The fourth-order valence-corrected chi connectivity index (χ4v) is 3.09. The summed E-state index contributed by atoms with van der Waals surface area (Å²) in [6, 6.07) is 11.8. The second-order valence-electron chi connectivity index (χ2n) is 6.04. The number of fused-ring (bicyclic) bond motifs is 1. The van der Waals surface area contributed by atoms with Crippen molar-refractivity contribution in [2.45, 2.75) is 20.8 Å². The van der Waals surface area contributed by atoms with E-state index in [0.717, 1.165) is 39.7 Å². The minimum absolute atomic E-state index is 0.0666. The largest absolute Gasteiger partial charge is 0.496 e. The number of aromatic nitrogens is 2. The van der Waals surface area contributed by atoms with Gasteiger partial charge in [-0.1, -0.05) is 12.1 Å². The molecule has 2 aromatic heterocycles. The Labute approximate surface area is 152 Å². The van der Waals surface area contributed by atoms with Crippen LogP contribution in [0.5, 0.6) is 5.75 Å². The van der Waals surface area contributed by atoms with Crippen LogP contribution >= 0.6 is 0 Å². The SMILES string of the molecule is CCOC(=O)CNc1c(-c2ccccc2OC)nc2cc(C)cc(C)n12. The van der Waals surface area contributed by atoms with Crippen molar-refractivity contribution in [2.75, 3.05) is 25.6 Å². The number of carbonyl (C=O) groups excluding carboxylic acids is 1. The Morgan fingerprint density at radius 2 is 2.00 bits per heavy atom. The molecule has 0 aliphatic heterocycles. The van der Waals surface area contributed by atoms with E-state index in [1.807, 2.05) is 48.6 Å². The first-order valence-electron chi connectivity index (χ1n) is 8.57. The summed E-state index contributed by atoms with van der Waals surface area (Å²) in [6.07, 6.45) is 0. The van der Waals surface area contributed by atoms with Gasteiger partial charge >= 0.3 is 5.97 Å². The molecule has 0 amide bonds. The van der Waals surface area contributed by atoms with Crippen LogP contribution in [0.15, 0.2) is 36.4 Å². The van der Waals surface area contributed by atoms with E-state index in [9.17, 15) is 4.79 Å². The third-order valence-electron chi connectivity index (χ3n) is 4.12. The number of aryl methyl sites for hydroxylation is 2. The molecule has 0 bridgehead atoms. The molecule has 2 heterocycles. The molecule has 6 nitrogen and oxygen atoms in total.